The smallest absolute Gasteiger partial charge is 0.313 e. The Morgan fingerprint density at radius 1 is 1.38 bits per heavy atom. The van der Waals surface area contributed by atoms with Gasteiger partial charge in [-0.15, -0.1) is 0 Å². The lowest BCUT2D eigenvalue weighted by Gasteiger charge is -2.11. The van der Waals surface area contributed by atoms with E-state index < -0.39 is 11.8 Å². The Morgan fingerprint density at radius 3 is 2.92 bits per heavy atom. The van der Waals surface area contributed by atoms with E-state index in [4.69, 9.17) is 16.3 Å². The van der Waals surface area contributed by atoms with Gasteiger partial charge in [-0.2, -0.15) is 5.10 Å². The molecule has 1 aliphatic rings. The molecular formula is C16H17ClN4O3. The molecule has 0 spiro atoms. The Labute approximate surface area is 143 Å². The number of amides is 2. The molecule has 1 aromatic heterocycles. The van der Waals surface area contributed by atoms with E-state index >= 15 is 0 Å². The highest BCUT2D eigenvalue weighted by Crippen LogP contribution is 2.23. The molecule has 0 unspecified atom stereocenters. The Kier molecular flexibility index (Phi) is 5.12. The van der Waals surface area contributed by atoms with Gasteiger partial charge in [0, 0.05) is 31.2 Å². The highest BCUT2D eigenvalue weighted by atomic mass is 35.5. The van der Waals surface area contributed by atoms with E-state index in [1.165, 1.54) is 0 Å². The minimum atomic E-state index is -0.740. The lowest BCUT2D eigenvalue weighted by atomic mass is 10.2. The summed E-state index contributed by atoms with van der Waals surface area (Å²) in [5, 5.41) is 9.60. The number of ether oxygens (including phenoxy) is 1. The molecule has 1 fully saturated rings. The molecule has 126 valence electrons. The van der Waals surface area contributed by atoms with Crippen LogP contribution in [0.2, 0.25) is 5.02 Å². The van der Waals surface area contributed by atoms with E-state index in [2.05, 4.69) is 15.7 Å². The summed E-state index contributed by atoms with van der Waals surface area (Å²) in [6.45, 7) is 1.04. The first-order chi connectivity index (χ1) is 11.6. The van der Waals surface area contributed by atoms with Crippen LogP contribution < -0.4 is 10.6 Å². The van der Waals surface area contributed by atoms with Crippen molar-refractivity contribution in [3.05, 3.63) is 41.7 Å². The first kappa shape index (κ1) is 16.5. The number of rotatable bonds is 4. The van der Waals surface area contributed by atoms with E-state index in [9.17, 15) is 9.59 Å². The van der Waals surface area contributed by atoms with E-state index in [1.807, 2.05) is 0 Å². The van der Waals surface area contributed by atoms with Crippen molar-refractivity contribution in [2.24, 2.45) is 0 Å². The topological polar surface area (TPSA) is 85.2 Å². The number of anilines is 1. The quantitative estimate of drug-likeness (QED) is 0.824. The second-order valence-corrected chi connectivity index (χ2v) is 5.82. The summed E-state index contributed by atoms with van der Waals surface area (Å²) in [4.78, 5) is 23.7. The number of nitrogens with one attached hydrogen (secondary N) is 2. The molecule has 7 nitrogen and oxygen atoms in total. The molecule has 2 aromatic rings. The average molecular weight is 349 g/mol. The van der Waals surface area contributed by atoms with Crippen molar-refractivity contribution >= 4 is 29.1 Å². The molecule has 1 atom stereocenters. The summed E-state index contributed by atoms with van der Waals surface area (Å²) in [5.74, 6) is -1.44. The highest BCUT2D eigenvalue weighted by molar-refractivity contribution is 6.40. The number of hydrogen-bond acceptors (Lipinski definition) is 4. The summed E-state index contributed by atoms with van der Waals surface area (Å²) in [7, 11) is 0. The van der Waals surface area contributed by atoms with Crippen LogP contribution in [0.4, 0.5) is 5.69 Å². The maximum absolute atomic E-state index is 11.9. The fourth-order valence-corrected chi connectivity index (χ4v) is 2.73. The summed E-state index contributed by atoms with van der Waals surface area (Å²) < 4.78 is 7.01. The molecular weight excluding hydrogens is 332 g/mol. The predicted octanol–water partition coefficient (Wildman–Crippen LogP) is 1.76. The molecule has 8 heteroatoms. The lowest BCUT2D eigenvalue weighted by Crippen LogP contribution is -2.39. The molecule has 2 amide bonds. The number of halogens is 1. The van der Waals surface area contributed by atoms with E-state index in [0.29, 0.717) is 29.5 Å². The molecule has 1 aromatic carbocycles. The van der Waals surface area contributed by atoms with Crippen molar-refractivity contribution in [1.29, 1.82) is 0 Å². The molecule has 3 rings (SSSR count). The Bertz CT molecular complexity index is 727. The molecule has 1 aliphatic heterocycles. The van der Waals surface area contributed by atoms with Gasteiger partial charge >= 0.3 is 11.8 Å². The summed E-state index contributed by atoms with van der Waals surface area (Å²) >= 11 is 6.20. The minimum absolute atomic E-state index is 0.00968. The van der Waals surface area contributed by atoms with Crippen LogP contribution in [0.1, 0.15) is 12.8 Å². The third-order valence-corrected chi connectivity index (χ3v) is 3.98. The maximum atomic E-state index is 11.9. The van der Waals surface area contributed by atoms with Gasteiger partial charge in [-0.25, -0.2) is 4.68 Å². The van der Waals surface area contributed by atoms with Gasteiger partial charge in [-0.05, 0) is 37.1 Å². The van der Waals surface area contributed by atoms with Gasteiger partial charge in [-0.1, -0.05) is 11.6 Å². The maximum Gasteiger partial charge on any atom is 0.313 e. The van der Waals surface area contributed by atoms with Gasteiger partial charge < -0.3 is 15.4 Å². The average Bonchev–Trinajstić information content (AvgIpc) is 3.26. The highest BCUT2D eigenvalue weighted by Gasteiger charge is 2.19. The van der Waals surface area contributed by atoms with Crippen LogP contribution in [0.3, 0.4) is 0 Å². The first-order valence-corrected chi connectivity index (χ1v) is 8.01. The number of hydrogen-bond donors (Lipinski definition) is 2. The van der Waals surface area contributed by atoms with Gasteiger partial charge in [0.05, 0.1) is 16.8 Å². The van der Waals surface area contributed by atoms with Gasteiger partial charge in [-0.3, -0.25) is 9.59 Å². The van der Waals surface area contributed by atoms with Crippen molar-refractivity contribution in [2.75, 3.05) is 18.5 Å². The molecule has 0 aliphatic carbocycles. The van der Waals surface area contributed by atoms with E-state index in [0.717, 1.165) is 12.8 Å². The molecule has 0 saturated carbocycles. The van der Waals surface area contributed by atoms with Crippen molar-refractivity contribution < 1.29 is 14.3 Å². The fraction of sp³-hybridized carbons (Fsp3) is 0.312. The van der Waals surface area contributed by atoms with Gasteiger partial charge in [0.2, 0.25) is 0 Å². The number of carbonyl (C=O) groups excluding carboxylic acids is 2. The van der Waals surface area contributed by atoms with Crippen LogP contribution >= 0.6 is 11.6 Å². The summed E-state index contributed by atoms with van der Waals surface area (Å²) in [5.41, 5.74) is 1.12. The molecule has 1 saturated heterocycles. The van der Waals surface area contributed by atoms with Crippen LogP contribution in [-0.2, 0) is 14.3 Å². The number of aromatic nitrogens is 2. The minimum Gasteiger partial charge on any atom is -0.376 e. The van der Waals surface area contributed by atoms with Gasteiger partial charge in [0.15, 0.2) is 0 Å². The fourth-order valence-electron chi connectivity index (χ4n) is 2.46. The predicted molar refractivity (Wildman–Crippen MR) is 89.2 cm³/mol. The second-order valence-electron chi connectivity index (χ2n) is 5.42. The monoisotopic (exact) mass is 348 g/mol. The van der Waals surface area contributed by atoms with Crippen LogP contribution in [0.25, 0.3) is 5.69 Å². The molecule has 0 bridgehead atoms. The summed E-state index contributed by atoms with van der Waals surface area (Å²) in [6, 6.07) is 6.73. The zero-order valence-electron chi connectivity index (χ0n) is 12.9. The van der Waals surface area contributed by atoms with Crippen molar-refractivity contribution in [3.8, 4) is 5.69 Å². The normalized spacial score (nSPS) is 16.8. The zero-order chi connectivity index (χ0) is 16.9. The molecule has 2 N–H and O–H groups in total. The number of carbonyl (C=O) groups is 2. The Morgan fingerprint density at radius 2 is 2.25 bits per heavy atom. The van der Waals surface area contributed by atoms with Gasteiger partial charge in [0.25, 0.3) is 0 Å². The zero-order valence-corrected chi connectivity index (χ0v) is 13.6. The third kappa shape index (κ3) is 3.93. The Hall–Kier alpha value is -2.38. The van der Waals surface area contributed by atoms with Crippen molar-refractivity contribution in [2.45, 2.75) is 18.9 Å². The molecule has 24 heavy (non-hydrogen) atoms. The summed E-state index contributed by atoms with van der Waals surface area (Å²) in [6.07, 6.45) is 5.27. The van der Waals surface area contributed by atoms with Crippen molar-refractivity contribution in [1.82, 2.24) is 15.1 Å². The van der Waals surface area contributed by atoms with Crippen LogP contribution in [0.5, 0.6) is 0 Å². The number of benzene rings is 1. The largest absolute Gasteiger partial charge is 0.376 e. The van der Waals surface area contributed by atoms with Crippen molar-refractivity contribution in [3.63, 3.8) is 0 Å². The lowest BCUT2D eigenvalue weighted by molar-refractivity contribution is -0.136. The van der Waals surface area contributed by atoms with E-state index in [-0.39, 0.29) is 6.10 Å². The SMILES string of the molecule is O=C(NC[C@@H]1CCCO1)C(=O)Nc1ccc(-n2cccn2)c(Cl)c1. The van der Waals surface area contributed by atoms with Gasteiger partial charge in [0.1, 0.15) is 0 Å². The standard InChI is InChI=1S/C16H17ClN4O3/c17-13-9-11(4-5-14(13)21-7-2-6-19-21)20-16(23)15(22)18-10-12-3-1-8-24-12/h2,4-7,9,12H,1,3,8,10H2,(H,18,22)(H,20,23)/t12-/m0/s1. The first-order valence-electron chi connectivity index (χ1n) is 7.64. The Balaban J connectivity index is 1.57. The number of nitrogens with zero attached hydrogens (tertiary/aromatic N) is 2. The van der Waals surface area contributed by atoms with Crippen LogP contribution in [-0.4, -0.2) is 40.9 Å². The molecule has 2 heterocycles. The second kappa shape index (κ2) is 7.46. The third-order valence-electron chi connectivity index (χ3n) is 3.68. The van der Waals surface area contributed by atoms with Crippen LogP contribution in [0, 0.1) is 0 Å². The molecule has 0 radical (unpaired) electrons. The van der Waals surface area contributed by atoms with Crippen LogP contribution in [0.15, 0.2) is 36.7 Å². The van der Waals surface area contributed by atoms with E-state index in [1.54, 1.807) is 41.3 Å².